The molecule has 1 aliphatic rings. The fraction of sp³-hybridized carbons (Fsp3) is 0.385. The number of aryl methyl sites for hydroxylation is 4. The average molecular weight is 447 g/mol. The average Bonchev–Trinajstić information content (AvgIpc) is 3.47. The van der Waals surface area contributed by atoms with Gasteiger partial charge >= 0.3 is 0 Å². The van der Waals surface area contributed by atoms with E-state index >= 15 is 0 Å². The summed E-state index contributed by atoms with van der Waals surface area (Å²) in [6.07, 6.45) is 10.3. The van der Waals surface area contributed by atoms with E-state index in [4.69, 9.17) is 4.52 Å². The van der Waals surface area contributed by atoms with Crippen LogP contribution in [0.1, 0.15) is 60.8 Å². The van der Waals surface area contributed by atoms with Crippen LogP contribution in [0.2, 0.25) is 0 Å². The number of carbonyl (C=O) groups is 2. The zero-order valence-electron chi connectivity index (χ0n) is 19.5. The zero-order chi connectivity index (χ0) is 23.4. The van der Waals surface area contributed by atoms with Crippen molar-refractivity contribution >= 4 is 17.5 Å². The second-order valence-corrected chi connectivity index (χ2v) is 8.55. The van der Waals surface area contributed by atoms with Gasteiger partial charge in [0.25, 0.3) is 5.91 Å². The molecule has 0 saturated carbocycles. The van der Waals surface area contributed by atoms with Crippen molar-refractivity contribution in [3.05, 3.63) is 76.5 Å². The summed E-state index contributed by atoms with van der Waals surface area (Å²) in [6, 6.07) is 8.48. The molecule has 7 nitrogen and oxygen atoms in total. The Kier molecular flexibility index (Phi) is 6.87. The van der Waals surface area contributed by atoms with E-state index in [1.54, 1.807) is 17.1 Å². The quantitative estimate of drug-likeness (QED) is 0.351. The highest BCUT2D eigenvalue weighted by molar-refractivity contribution is 6.28. The van der Waals surface area contributed by atoms with E-state index in [2.05, 4.69) is 41.4 Å². The Balaban J connectivity index is 1.42. The highest BCUT2D eigenvalue weighted by Gasteiger charge is 2.35. The molecule has 7 heteroatoms. The number of benzene rings is 1. The first-order valence-electron chi connectivity index (χ1n) is 11.5. The maximum atomic E-state index is 13.0. The van der Waals surface area contributed by atoms with E-state index in [1.165, 1.54) is 28.9 Å². The monoisotopic (exact) mass is 446 g/mol. The van der Waals surface area contributed by atoms with Gasteiger partial charge in [0.2, 0.25) is 5.91 Å². The molecule has 3 aromatic rings. The van der Waals surface area contributed by atoms with Crippen LogP contribution in [0, 0.1) is 13.8 Å². The predicted molar refractivity (Wildman–Crippen MR) is 126 cm³/mol. The Morgan fingerprint density at radius 3 is 2.58 bits per heavy atom. The molecule has 0 spiro atoms. The summed E-state index contributed by atoms with van der Waals surface area (Å²) in [5, 5.41) is 8.29. The van der Waals surface area contributed by atoms with Crippen LogP contribution < -0.4 is 4.90 Å². The molecule has 0 aliphatic carbocycles. The number of aromatic nitrogens is 3. The largest absolute Gasteiger partial charge is 0.361 e. The molecule has 33 heavy (non-hydrogen) atoms. The standard InChI is InChI=1S/C26H30N4O3/c1-4-5-9-20-10-6-7-11-21(20)12-8-13-22-14-25(31)30(26(22)32)23-15-27-29(16-23)17-24-18(2)28-33-19(24)3/h6-7,10-11,13,15-16H,4-5,8-9,12,14,17H2,1-3H3/b22-13-. The van der Waals surface area contributed by atoms with E-state index in [1.807, 2.05) is 19.9 Å². The van der Waals surface area contributed by atoms with E-state index in [9.17, 15) is 9.59 Å². The summed E-state index contributed by atoms with van der Waals surface area (Å²) in [4.78, 5) is 26.8. The van der Waals surface area contributed by atoms with Gasteiger partial charge in [-0.25, -0.2) is 4.90 Å². The fourth-order valence-electron chi connectivity index (χ4n) is 4.25. The molecule has 1 aliphatic heterocycles. The van der Waals surface area contributed by atoms with Gasteiger partial charge in [-0.1, -0.05) is 48.8 Å². The second kappa shape index (κ2) is 9.98. The van der Waals surface area contributed by atoms with Crippen LogP contribution in [-0.2, 0) is 29.0 Å². The maximum absolute atomic E-state index is 13.0. The number of hydrogen-bond donors (Lipinski definition) is 0. The summed E-state index contributed by atoms with van der Waals surface area (Å²) in [5.74, 6) is 0.266. The molecule has 0 N–H and O–H groups in total. The molecule has 1 fully saturated rings. The molecule has 4 rings (SSSR count). The summed E-state index contributed by atoms with van der Waals surface area (Å²) in [5.41, 5.74) is 5.49. The minimum atomic E-state index is -0.254. The van der Waals surface area contributed by atoms with E-state index in [0.29, 0.717) is 17.8 Å². The highest BCUT2D eigenvalue weighted by atomic mass is 16.5. The Hall–Kier alpha value is -3.48. The molecule has 0 bridgehead atoms. The summed E-state index contributed by atoms with van der Waals surface area (Å²) >= 11 is 0. The zero-order valence-corrected chi connectivity index (χ0v) is 19.5. The normalized spacial score (nSPS) is 15.2. The summed E-state index contributed by atoms with van der Waals surface area (Å²) in [6.45, 7) is 6.40. The lowest BCUT2D eigenvalue weighted by molar-refractivity contribution is -0.120. The number of rotatable bonds is 9. The molecular weight excluding hydrogens is 416 g/mol. The van der Waals surface area contributed by atoms with Gasteiger partial charge in [-0.3, -0.25) is 14.3 Å². The first kappa shape index (κ1) is 22.7. The molecule has 0 atom stereocenters. The van der Waals surface area contributed by atoms with E-state index in [0.717, 1.165) is 36.3 Å². The number of hydrogen-bond acceptors (Lipinski definition) is 5. The third kappa shape index (κ3) is 4.97. The van der Waals surface area contributed by atoms with E-state index in [-0.39, 0.29) is 18.2 Å². The number of imide groups is 1. The smallest absolute Gasteiger partial charge is 0.261 e. The number of allylic oxidation sites excluding steroid dienone is 1. The molecule has 2 amide bonds. The number of carbonyl (C=O) groups excluding carboxylic acids is 2. The van der Waals surface area contributed by atoms with Crippen molar-refractivity contribution in [1.29, 1.82) is 0 Å². The Labute approximate surface area is 194 Å². The second-order valence-electron chi connectivity index (χ2n) is 8.55. The van der Waals surface area contributed by atoms with Gasteiger partial charge < -0.3 is 4.52 Å². The molecule has 172 valence electrons. The third-order valence-electron chi connectivity index (χ3n) is 6.17. The molecule has 3 heterocycles. The molecule has 1 aromatic carbocycles. The molecule has 2 aromatic heterocycles. The van der Waals surface area contributed by atoms with Gasteiger partial charge in [-0.2, -0.15) is 5.10 Å². The molecule has 1 saturated heterocycles. The Morgan fingerprint density at radius 1 is 1.12 bits per heavy atom. The van der Waals surface area contributed by atoms with Crippen LogP contribution >= 0.6 is 0 Å². The van der Waals surface area contributed by atoms with Crippen LogP contribution in [-0.4, -0.2) is 26.8 Å². The predicted octanol–water partition coefficient (Wildman–Crippen LogP) is 4.70. The van der Waals surface area contributed by atoms with Crippen molar-refractivity contribution in [2.45, 2.75) is 65.8 Å². The van der Waals surface area contributed by atoms with Crippen LogP contribution in [0.4, 0.5) is 5.69 Å². The number of anilines is 1. The van der Waals surface area contributed by atoms with Gasteiger partial charge in [0, 0.05) is 17.3 Å². The highest BCUT2D eigenvalue weighted by Crippen LogP contribution is 2.27. The van der Waals surface area contributed by atoms with Crippen molar-refractivity contribution in [3.63, 3.8) is 0 Å². The van der Waals surface area contributed by atoms with Crippen LogP contribution in [0.3, 0.4) is 0 Å². The summed E-state index contributed by atoms with van der Waals surface area (Å²) in [7, 11) is 0. The van der Waals surface area contributed by atoms with Crippen molar-refractivity contribution in [3.8, 4) is 0 Å². The number of unbranched alkanes of at least 4 members (excludes halogenated alkanes) is 1. The van der Waals surface area contributed by atoms with Crippen LogP contribution in [0.5, 0.6) is 0 Å². The topological polar surface area (TPSA) is 81.2 Å². The van der Waals surface area contributed by atoms with Crippen LogP contribution in [0.25, 0.3) is 0 Å². The number of nitrogens with zero attached hydrogens (tertiary/aromatic N) is 4. The Bertz CT molecular complexity index is 1170. The lowest BCUT2D eigenvalue weighted by Crippen LogP contribution is -2.28. The van der Waals surface area contributed by atoms with Gasteiger partial charge in [-0.05, 0) is 50.7 Å². The molecule has 0 unspecified atom stereocenters. The van der Waals surface area contributed by atoms with Crippen molar-refractivity contribution in [2.24, 2.45) is 0 Å². The third-order valence-corrected chi connectivity index (χ3v) is 6.17. The van der Waals surface area contributed by atoms with Crippen molar-refractivity contribution in [2.75, 3.05) is 4.90 Å². The van der Waals surface area contributed by atoms with E-state index < -0.39 is 0 Å². The minimum Gasteiger partial charge on any atom is -0.361 e. The first-order chi connectivity index (χ1) is 16.0. The van der Waals surface area contributed by atoms with Gasteiger partial charge in [0.15, 0.2) is 0 Å². The van der Waals surface area contributed by atoms with Crippen molar-refractivity contribution < 1.29 is 14.1 Å². The van der Waals surface area contributed by atoms with Gasteiger partial charge in [0.05, 0.1) is 30.5 Å². The lowest BCUT2D eigenvalue weighted by atomic mass is 9.98. The van der Waals surface area contributed by atoms with Gasteiger partial charge in [0.1, 0.15) is 5.76 Å². The first-order valence-corrected chi connectivity index (χ1v) is 11.5. The Morgan fingerprint density at radius 2 is 1.88 bits per heavy atom. The molecule has 0 radical (unpaired) electrons. The van der Waals surface area contributed by atoms with Crippen molar-refractivity contribution in [1.82, 2.24) is 14.9 Å². The summed E-state index contributed by atoms with van der Waals surface area (Å²) < 4.78 is 6.89. The minimum absolute atomic E-state index is 0.130. The van der Waals surface area contributed by atoms with Crippen LogP contribution in [0.15, 0.2) is 52.8 Å². The fourth-order valence-corrected chi connectivity index (χ4v) is 4.25. The molecular formula is C26H30N4O3. The SMILES string of the molecule is CCCCc1ccccc1CC/C=C1/CC(=O)N(c2cnn(Cc3c(C)noc3C)c2)C1=O. The number of amides is 2. The van der Waals surface area contributed by atoms with Gasteiger partial charge in [-0.15, -0.1) is 0 Å². The lowest BCUT2D eigenvalue weighted by Gasteiger charge is -2.10. The maximum Gasteiger partial charge on any atom is 0.261 e.